The number of ether oxygens (including phenoxy) is 2. The second-order valence-corrected chi connectivity index (χ2v) is 6.20. The Labute approximate surface area is 105 Å². The largest absolute Gasteiger partial charge is 0.381 e. The van der Waals surface area contributed by atoms with Crippen molar-refractivity contribution in [2.24, 2.45) is 11.3 Å². The van der Waals surface area contributed by atoms with Gasteiger partial charge in [0, 0.05) is 33.2 Å². The lowest BCUT2D eigenvalue weighted by Crippen LogP contribution is -2.57. The molecule has 1 saturated heterocycles. The number of methoxy groups -OCH3 is 1. The van der Waals surface area contributed by atoms with Crippen LogP contribution in [0, 0.1) is 5.41 Å². The summed E-state index contributed by atoms with van der Waals surface area (Å²) in [6.07, 6.45) is 4.01. The van der Waals surface area contributed by atoms with Crippen molar-refractivity contribution in [3.63, 3.8) is 0 Å². The normalized spacial score (nSPS) is 22.4. The molecule has 0 aliphatic carbocycles. The Morgan fingerprint density at radius 1 is 1.35 bits per heavy atom. The van der Waals surface area contributed by atoms with E-state index in [4.69, 9.17) is 15.3 Å². The maximum absolute atomic E-state index is 5.77. The minimum Gasteiger partial charge on any atom is -0.381 e. The van der Waals surface area contributed by atoms with Gasteiger partial charge < -0.3 is 9.47 Å². The zero-order valence-corrected chi connectivity index (χ0v) is 11.7. The molecule has 0 bridgehead atoms. The summed E-state index contributed by atoms with van der Waals surface area (Å²) in [6, 6.07) is 0.204. The van der Waals surface area contributed by atoms with E-state index in [1.807, 2.05) is 0 Å². The monoisotopic (exact) mass is 244 g/mol. The van der Waals surface area contributed by atoms with Crippen molar-refractivity contribution in [2.45, 2.75) is 58.1 Å². The maximum Gasteiger partial charge on any atom is 0.0888 e. The highest BCUT2D eigenvalue weighted by Crippen LogP contribution is 2.32. The molecule has 0 radical (unpaired) electrons. The number of rotatable bonds is 5. The average Bonchev–Trinajstić information content (AvgIpc) is 2.29. The second kappa shape index (κ2) is 6.14. The van der Waals surface area contributed by atoms with Crippen LogP contribution in [0.5, 0.6) is 0 Å². The molecule has 1 rings (SSSR count). The molecule has 1 fully saturated rings. The van der Waals surface area contributed by atoms with Crippen LogP contribution < -0.4 is 11.3 Å². The van der Waals surface area contributed by atoms with Gasteiger partial charge in [-0.2, -0.15) is 0 Å². The van der Waals surface area contributed by atoms with Crippen LogP contribution in [0.25, 0.3) is 0 Å². The van der Waals surface area contributed by atoms with Crippen LogP contribution in [0.4, 0.5) is 0 Å². The van der Waals surface area contributed by atoms with Crippen LogP contribution in [0.1, 0.15) is 46.5 Å². The van der Waals surface area contributed by atoms with Crippen LogP contribution in [-0.4, -0.2) is 32.0 Å². The van der Waals surface area contributed by atoms with Crippen molar-refractivity contribution in [1.29, 1.82) is 0 Å². The third-order valence-electron chi connectivity index (χ3n) is 3.76. The van der Waals surface area contributed by atoms with E-state index in [1.54, 1.807) is 7.11 Å². The Kier molecular flexibility index (Phi) is 5.38. The van der Waals surface area contributed by atoms with Crippen molar-refractivity contribution in [3.05, 3.63) is 0 Å². The van der Waals surface area contributed by atoms with E-state index < -0.39 is 0 Å². The van der Waals surface area contributed by atoms with Crippen molar-refractivity contribution < 1.29 is 9.47 Å². The van der Waals surface area contributed by atoms with Crippen LogP contribution >= 0.6 is 0 Å². The molecule has 17 heavy (non-hydrogen) atoms. The Bertz CT molecular complexity index is 220. The third kappa shape index (κ3) is 4.21. The lowest BCUT2D eigenvalue weighted by Gasteiger charge is -2.42. The highest BCUT2D eigenvalue weighted by molar-refractivity contribution is 4.94. The summed E-state index contributed by atoms with van der Waals surface area (Å²) in [4.78, 5) is 0. The molecular formula is C13H28N2O2. The van der Waals surface area contributed by atoms with Gasteiger partial charge in [0.2, 0.25) is 0 Å². The molecule has 0 saturated carbocycles. The van der Waals surface area contributed by atoms with Gasteiger partial charge in [-0.25, -0.2) is 0 Å². The van der Waals surface area contributed by atoms with Gasteiger partial charge >= 0.3 is 0 Å². The van der Waals surface area contributed by atoms with Crippen molar-refractivity contribution in [2.75, 3.05) is 20.3 Å². The quantitative estimate of drug-likeness (QED) is 0.572. The highest BCUT2D eigenvalue weighted by atomic mass is 16.5. The standard InChI is InChI=1S/C13H28N2O2/c1-12(2,3)6-5-11(15-14)13(16-4)7-9-17-10-8-13/h11,15H,5-10,14H2,1-4H3. The van der Waals surface area contributed by atoms with Crippen molar-refractivity contribution in [1.82, 2.24) is 5.43 Å². The smallest absolute Gasteiger partial charge is 0.0888 e. The van der Waals surface area contributed by atoms with E-state index in [2.05, 4.69) is 26.2 Å². The predicted octanol–water partition coefficient (Wildman–Crippen LogP) is 1.84. The first-order chi connectivity index (χ1) is 7.93. The molecular weight excluding hydrogens is 216 g/mol. The molecule has 1 unspecified atom stereocenters. The van der Waals surface area contributed by atoms with Gasteiger partial charge in [0.1, 0.15) is 0 Å². The highest BCUT2D eigenvalue weighted by Gasteiger charge is 2.40. The zero-order valence-electron chi connectivity index (χ0n) is 11.7. The van der Waals surface area contributed by atoms with Crippen molar-refractivity contribution >= 4 is 0 Å². The molecule has 0 aromatic rings. The molecule has 4 heteroatoms. The number of hydrazine groups is 1. The average molecular weight is 244 g/mol. The summed E-state index contributed by atoms with van der Waals surface area (Å²) in [7, 11) is 1.78. The Morgan fingerprint density at radius 2 is 1.94 bits per heavy atom. The molecule has 0 amide bonds. The number of hydrogen-bond acceptors (Lipinski definition) is 4. The van der Waals surface area contributed by atoms with Gasteiger partial charge in [0.05, 0.1) is 11.6 Å². The SMILES string of the molecule is COC1(C(CCC(C)(C)C)NN)CCOCC1. The Balaban J connectivity index is 2.62. The second-order valence-electron chi connectivity index (χ2n) is 6.20. The molecule has 102 valence electrons. The molecule has 0 spiro atoms. The summed E-state index contributed by atoms with van der Waals surface area (Å²) in [5.74, 6) is 5.72. The van der Waals surface area contributed by atoms with Gasteiger partial charge in [-0.3, -0.25) is 11.3 Å². The minimum atomic E-state index is -0.155. The predicted molar refractivity (Wildman–Crippen MR) is 69.6 cm³/mol. The number of nitrogens with two attached hydrogens (primary N) is 1. The van der Waals surface area contributed by atoms with E-state index in [0.29, 0.717) is 5.41 Å². The minimum absolute atomic E-state index is 0.155. The van der Waals surface area contributed by atoms with E-state index in [0.717, 1.165) is 38.9 Å². The molecule has 0 aromatic carbocycles. The molecule has 1 heterocycles. The summed E-state index contributed by atoms with van der Waals surface area (Å²) in [5, 5.41) is 0. The summed E-state index contributed by atoms with van der Waals surface area (Å²) < 4.78 is 11.2. The maximum atomic E-state index is 5.77. The molecule has 1 atom stereocenters. The van der Waals surface area contributed by atoms with Crippen molar-refractivity contribution in [3.8, 4) is 0 Å². The first-order valence-corrected chi connectivity index (χ1v) is 6.52. The first kappa shape index (κ1) is 14.9. The zero-order chi connectivity index (χ0) is 12.9. The molecule has 1 aliphatic heterocycles. The fraction of sp³-hybridized carbons (Fsp3) is 1.00. The number of nitrogens with one attached hydrogen (secondary N) is 1. The van der Waals surface area contributed by atoms with Crippen LogP contribution in [-0.2, 0) is 9.47 Å². The van der Waals surface area contributed by atoms with E-state index in [9.17, 15) is 0 Å². The van der Waals surface area contributed by atoms with Gasteiger partial charge in [0.25, 0.3) is 0 Å². The number of hydrogen-bond donors (Lipinski definition) is 2. The summed E-state index contributed by atoms with van der Waals surface area (Å²) in [5.41, 5.74) is 3.13. The fourth-order valence-corrected chi connectivity index (χ4v) is 2.49. The first-order valence-electron chi connectivity index (χ1n) is 6.52. The van der Waals surface area contributed by atoms with Crippen LogP contribution in [0.15, 0.2) is 0 Å². The molecule has 4 nitrogen and oxygen atoms in total. The topological polar surface area (TPSA) is 56.5 Å². The molecule has 1 aliphatic rings. The summed E-state index contributed by atoms with van der Waals surface area (Å²) >= 11 is 0. The molecule has 3 N–H and O–H groups in total. The molecule has 0 aromatic heterocycles. The third-order valence-corrected chi connectivity index (χ3v) is 3.76. The van der Waals surface area contributed by atoms with Crippen LogP contribution in [0.3, 0.4) is 0 Å². The van der Waals surface area contributed by atoms with Gasteiger partial charge in [-0.1, -0.05) is 20.8 Å². The van der Waals surface area contributed by atoms with E-state index >= 15 is 0 Å². The Hall–Kier alpha value is -0.160. The Morgan fingerprint density at radius 3 is 2.35 bits per heavy atom. The van der Waals surface area contributed by atoms with Gasteiger partial charge in [-0.05, 0) is 18.3 Å². The van der Waals surface area contributed by atoms with Crippen LogP contribution in [0.2, 0.25) is 0 Å². The fourth-order valence-electron chi connectivity index (χ4n) is 2.49. The summed E-state index contributed by atoms with van der Waals surface area (Å²) in [6.45, 7) is 8.29. The van der Waals surface area contributed by atoms with Gasteiger partial charge in [0.15, 0.2) is 0 Å². The van der Waals surface area contributed by atoms with E-state index in [1.165, 1.54) is 0 Å². The lowest BCUT2D eigenvalue weighted by molar-refractivity contribution is -0.112. The lowest BCUT2D eigenvalue weighted by atomic mass is 9.80. The van der Waals surface area contributed by atoms with Gasteiger partial charge in [-0.15, -0.1) is 0 Å². The van der Waals surface area contributed by atoms with E-state index in [-0.39, 0.29) is 11.6 Å².